The molecule has 0 atom stereocenters. The summed E-state index contributed by atoms with van der Waals surface area (Å²) in [7, 11) is 0. The predicted octanol–water partition coefficient (Wildman–Crippen LogP) is 4.12. The molecular weight excluding hydrogens is 308 g/mol. The van der Waals surface area contributed by atoms with Gasteiger partial charge < -0.3 is 5.73 Å². The van der Waals surface area contributed by atoms with E-state index >= 15 is 0 Å². The molecule has 2 N–H and O–H groups in total. The number of benzene rings is 1. The normalized spacial score (nSPS) is 11.8. The van der Waals surface area contributed by atoms with Crippen LogP contribution in [0.3, 0.4) is 0 Å². The van der Waals surface area contributed by atoms with Crippen molar-refractivity contribution in [1.29, 1.82) is 0 Å². The molecule has 0 saturated carbocycles. The van der Waals surface area contributed by atoms with E-state index in [1.165, 1.54) is 4.88 Å². The lowest BCUT2D eigenvalue weighted by Gasteiger charge is -2.20. The summed E-state index contributed by atoms with van der Waals surface area (Å²) in [5, 5.41) is 1.06. The summed E-state index contributed by atoms with van der Waals surface area (Å²) >= 11 is 5.24. The number of halogens is 1. The molecule has 0 aliphatic carbocycles. The van der Waals surface area contributed by atoms with Crippen molar-refractivity contribution in [3.8, 4) is 10.6 Å². The Morgan fingerprint density at radius 1 is 1.39 bits per heavy atom. The van der Waals surface area contributed by atoms with Crippen molar-refractivity contribution >= 4 is 27.3 Å². The van der Waals surface area contributed by atoms with Gasteiger partial charge in [0.05, 0.1) is 5.69 Å². The number of hydrogen-bond acceptors (Lipinski definition) is 3. The highest BCUT2D eigenvalue weighted by molar-refractivity contribution is 9.10. The van der Waals surface area contributed by atoms with Crippen LogP contribution in [0.25, 0.3) is 10.6 Å². The largest absolute Gasteiger partial charge is 0.330 e. The van der Waals surface area contributed by atoms with Gasteiger partial charge in [0, 0.05) is 26.9 Å². The number of aromatic nitrogens is 1. The van der Waals surface area contributed by atoms with Gasteiger partial charge in [0.2, 0.25) is 0 Å². The van der Waals surface area contributed by atoms with Crippen LogP contribution in [0, 0.1) is 6.92 Å². The van der Waals surface area contributed by atoms with E-state index in [4.69, 9.17) is 5.73 Å². The number of thiazole rings is 1. The maximum absolute atomic E-state index is 5.85. The fourth-order valence-corrected chi connectivity index (χ4v) is 3.43. The molecule has 96 valence electrons. The number of nitrogens with two attached hydrogens (primary N) is 1. The summed E-state index contributed by atoms with van der Waals surface area (Å²) in [4.78, 5) is 5.96. The van der Waals surface area contributed by atoms with Crippen LogP contribution in [-0.2, 0) is 5.41 Å². The van der Waals surface area contributed by atoms with E-state index in [9.17, 15) is 0 Å². The molecule has 0 bridgehead atoms. The SMILES string of the molecule is Cc1nc(-c2cccc(Br)c2)sc1C(C)(C)CN. The molecule has 18 heavy (non-hydrogen) atoms. The van der Waals surface area contributed by atoms with Crippen molar-refractivity contribution in [2.24, 2.45) is 5.73 Å². The summed E-state index contributed by atoms with van der Waals surface area (Å²) in [5.41, 5.74) is 8.08. The fraction of sp³-hybridized carbons (Fsp3) is 0.357. The topological polar surface area (TPSA) is 38.9 Å². The van der Waals surface area contributed by atoms with Crippen LogP contribution in [0.15, 0.2) is 28.7 Å². The summed E-state index contributed by atoms with van der Waals surface area (Å²) in [6.45, 7) is 7.02. The highest BCUT2D eigenvalue weighted by Crippen LogP contribution is 2.36. The van der Waals surface area contributed by atoms with E-state index in [1.54, 1.807) is 11.3 Å². The molecule has 0 amide bonds. The lowest BCUT2D eigenvalue weighted by molar-refractivity contribution is 0.546. The summed E-state index contributed by atoms with van der Waals surface area (Å²) in [6, 6.07) is 8.23. The Morgan fingerprint density at radius 3 is 2.72 bits per heavy atom. The Morgan fingerprint density at radius 2 is 2.11 bits per heavy atom. The second-order valence-electron chi connectivity index (χ2n) is 5.03. The minimum absolute atomic E-state index is 0.00792. The van der Waals surface area contributed by atoms with Gasteiger partial charge in [-0.3, -0.25) is 0 Å². The Labute approximate surface area is 120 Å². The van der Waals surface area contributed by atoms with Gasteiger partial charge in [0.1, 0.15) is 5.01 Å². The van der Waals surface area contributed by atoms with Gasteiger partial charge in [0.25, 0.3) is 0 Å². The number of aryl methyl sites for hydroxylation is 1. The van der Waals surface area contributed by atoms with Crippen molar-refractivity contribution in [3.05, 3.63) is 39.3 Å². The van der Waals surface area contributed by atoms with Crippen molar-refractivity contribution < 1.29 is 0 Å². The zero-order valence-corrected chi connectivity index (χ0v) is 13.2. The predicted molar refractivity (Wildman–Crippen MR) is 82.1 cm³/mol. The maximum Gasteiger partial charge on any atom is 0.123 e. The van der Waals surface area contributed by atoms with E-state index in [-0.39, 0.29) is 5.41 Å². The van der Waals surface area contributed by atoms with Crippen LogP contribution >= 0.6 is 27.3 Å². The van der Waals surface area contributed by atoms with Gasteiger partial charge >= 0.3 is 0 Å². The van der Waals surface area contributed by atoms with Gasteiger partial charge in [0.15, 0.2) is 0 Å². The van der Waals surface area contributed by atoms with Crippen molar-refractivity contribution in [3.63, 3.8) is 0 Å². The summed E-state index contributed by atoms with van der Waals surface area (Å²) in [6.07, 6.45) is 0. The lowest BCUT2D eigenvalue weighted by atomic mass is 9.91. The average Bonchev–Trinajstić information content (AvgIpc) is 2.72. The number of rotatable bonds is 3. The van der Waals surface area contributed by atoms with Crippen LogP contribution < -0.4 is 5.73 Å². The van der Waals surface area contributed by atoms with E-state index in [0.29, 0.717) is 6.54 Å². The molecule has 0 aliphatic heterocycles. The van der Waals surface area contributed by atoms with Crippen LogP contribution in [0.2, 0.25) is 0 Å². The average molecular weight is 325 g/mol. The quantitative estimate of drug-likeness (QED) is 0.922. The molecule has 0 fully saturated rings. The molecule has 0 spiro atoms. The minimum atomic E-state index is -0.00792. The zero-order valence-electron chi connectivity index (χ0n) is 10.8. The molecule has 0 unspecified atom stereocenters. The van der Waals surface area contributed by atoms with Gasteiger partial charge in [-0.2, -0.15) is 0 Å². The Bertz CT molecular complexity index is 561. The molecule has 1 heterocycles. The van der Waals surface area contributed by atoms with Gasteiger partial charge in [-0.1, -0.05) is 41.9 Å². The molecule has 2 rings (SSSR count). The Kier molecular flexibility index (Phi) is 3.90. The molecule has 2 nitrogen and oxygen atoms in total. The highest BCUT2D eigenvalue weighted by Gasteiger charge is 2.24. The first-order chi connectivity index (χ1) is 8.44. The van der Waals surface area contributed by atoms with Gasteiger partial charge in [-0.05, 0) is 19.1 Å². The first kappa shape index (κ1) is 13.7. The maximum atomic E-state index is 5.85. The van der Waals surface area contributed by atoms with Crippen molar-refractivity contribution in [2.75, 3.05) is 6.54 Å². The minimum Gasteiger partial charge on any atom is -0.330 e. The smallest absolute Gasteiger partial charge is 0.123 e. The summed E-state index contributed by atoms with van der Waals surface area (Å²) < 4.78 is 1.08. The first-order valence-electron chi connectivity index (χ1n) is 5.88. The third-order valence-corrected chi connectivity index (χ3v) is 5.06. The van der Waals surface area contributed by atoms with E-state index in [0.717, 1.165) is 20.7 Å². The summed E-state index contributed by atoms with van der Waals surface area (Å²) in [5.74, 6) is 0. The Hall–Kier alpha value is -0.710. The molecular formula is C14H17BrN2S. The van der Waals surface area contributed by atoms with Crippen molar-refractivity contribution in [2.45, 2.75) is 26.2 Å². The van der Waals surface area contributed by atoms with Crippen LogP contribution in [0.5, 0.6) is 0 Å². The van der Waals surface area contributed by atoms with Crippen LogP contribution in [-0.4, -0.2) is 11.5 Å². The first-order valence-corrected chi connectivity index (χ1v) is 7.49. The van der Waals surface area contributed by atoms with Gasteiger partial charge in [-0.25, -0.2) is 4.98 Å². The Balaban J connectivity index is 2.47. The molecule has 2 aromatic rings. The van der Waals surface area contributed by atoms with Crippen LogP contribution in [0.4, 0.5) is 0 Å². The zero-order chi connectivity index (χ0) is 13.3. The third-order valence-electron chi connectivity index (χ3n) is 2.99. The van der Waals surface area contributed by atoms with Gasteiger partial charge in [-0.15, -0.1) is 11.3 Å². The monoisotopic (exact) mass is 324 g/mol. The lowest BCUT2D eigenvalue weighted by Crippen LogP contribution is -2.27. The number of hydrogen-bond donors (Lipinski definition) is 1. The second-order valence-corrected chi connectivity index (χ2v) is 6.95. The van der Waals surface area contributed by atoms with E-state index in [1.807, 2.05) is 12.1 Å². The molecule has 0 aliphatic rings. The fourth-order valence-electron chi connectivity index (χ4n) is 1.86. The molecule has 1 aromatic heterocycles. The molecule has 1 aromatic carbocycles. The third kappa shape index (κ3) is 2.66. The second kappa shape index (κ2) is 5.11. The van der Waals surface area contributed by atoms with Crippen LogP contribution in [0.1, 0.15) is 24.4 Å². The number of nitrogens with zero attached hydrogens (tertiary/aromatic N) is 1. The van der Waals surface area contributed by atoms with Crippen molar-refractivity contribution in [1.82, 2.24) is 4.98 Å². The van der Waals surface area contributed by atoms with E-state index in [2.05, 4.69) is 53.8 Å². The highest BCUT2D eigenvalue weighted by atomic mass is 79.9. The standard InChI is InChI=1S/C14H17BrN2S/c1-9-12(14(2,3)8-16)18-13(17-9)10-5-4-6-11(15)7-10/h4-7H,8,16H2,1-3H3. The molecule has 0 saturated heterocycles. The van der Waals surface area contributed by atoms with E-state index < -0.39 is 0 Å². The molecule has 4 heteroatoms. The molecule has 0 radical (unpaired) electrons.